The fourth-order valence-electron chi connectivity index (χ4n) is 2.81. The average Bonchev–Trinajstić information content (AvgIpc) is 2.65. The van der Waals surface area contributed by atoms with Gasteiger partial charge in [-0.25, -0.2) is 4.79 Å². The van der Waals surface area contributed by atoms with Crippen molar-refractivity contribution in [2.45, 2.75) is 12.3 Å². The van der Waals surface area contributed by atoms with E-state index in [2.05, 4.69) is 0 Å². The summed E-state index contributed by atoms with van der Waals surface area (Å²) >= 11 is 0. The molecular weight excluding hydrogens is 365 g/mol. The first-order chi connectivity index (χ1) is 12.7. The van der Waals surface area contributed by atoms with Crippen molar-refractivity contribution < 1.29 is 37.3 Å². The molecule has 0 amide bonds. The summed E-state index contributed by atoms with van der Waals surface area (Å²) in [5, 5.41) is 9.16. The van der Waals surface area contributed by atoms with Crippen molar-refractivity contribution in [1.29, 1.82) is 0 Å². The van der Waals surface area contributed by atoms with E-state index in [-0.39, 0.29) is 11.3 Å². The minimum atomic E-state index is -4.86. The first-order valence-electron chi connectivity index (χ1n) is 7.79. The summed E-state index contributed by atoms with van der Waals surface area (Å²) < 4.78 is 54.9. The van der Waals surface area contributed by atoms with Crippen molar-refractivity contribution in [2.75, 3.05) is 14.2 Å². The van der Waals surface area contributed by atoms with Gasteiger partial charge in [-0.1, -0.05) is 12.1 Å². The molecule has 1 heterocycles. The second-order valence-electron chi connectivity index (χ2n) is 5.76. The number of rotatable bonds is 4. The zero-order valence-corrected chi connectivity index (χ0v) is 14.3. The van der Waals surface area contributed by atoms with Crippen LogP contribution in [0.3, 0.4) is 0 Å². The quantitative estimate of drug-likeness (QED) is 0.863. The van der Waals surface area contributed by atoms with Crippen LogP contribution in [0, 0.1) is 0 Å². The van der Waals surface area contributed by atoms with Crippen LogP contribution in [0.5, 0.6) is 17.2 Å². The summed E-state index contributed by atoms with van der Waals surface area (Å²) in [7, 11) is 2.92. The summed E-state index contributed by atoms with van der Waals surface area (Å²) in [6.07, 6.45) is -6.42. The van der Waals surface area contributed by atoms with Crippen molar-refractivity contribution in [3.05, 3.63) is 47.5 Å². The van der Waals surface area contributed by atoms with Crippen molar-refractivity contribution in [3.63, 3.8) is 0 Å². The van der Waals surface area contributed by atoms with E-state index < -0.39 is 23.8 Å². The number of carboxylic acid groups (broad SMARTS) is 1. The number of hydrogen-bond donors (Lipinski definition) is 1. The number of fused-ring (bicyclic) bond motifs is 1. The summed E-state index contributed by atoms with van der Waals surface area (Å²) in [6.45, 7) is 0. The Labute approximate surface area is 152 Å². The maximum Gasteiger partial charge on any atom is 0.430 e. The van der Waals surface area contributed by atoms with Crippen LogP contribution >= 0.6 is 0 Å². The average molecular weight is 380 g/mol. The van der Waals surface area contributed by atoms with Gasteiger partial charge in [0.25, 0.3) is 0 Å². The molecule has 0 radical (unpaired) electrons. The Morgan fingerprint density at radius 3 is 2.30 bits per heavy atom. The molecule has 1 unspecified atom stereocenters. The van der Waals surface area contributed by atoms with E-state index >= 15 is 0 Å². The first kappa shape index (κ1) is 18.6. The van der Waals surface area contributed by atoms with Gasteiger partial charge in [-0.05, 0) is 29.8 Å². The fraction of sp³-hybridized carbons (Fsp3) is 0.211. The molecule has 8 heteroatoms. The first-order valence-corrected chi connectivity index (χ1v) is 7.79. The van der Waals surface area contributed by atoms with Crippen LogP contribution in [0.15, 0.2) is 42.0 Å². The normalized spacial score (nSPS) is 16.0. The van der Waals surface area contributed by atoms with Gasteiger partial charge in [0.15, 0.2) is 0 Å². The fourth-order valence-corrected chi connectivity index (χ4v) is 2.81. The zero-order chi connectivity index (χ0) is 19.8. The molecule has 1 aliphatic heterocycles. The minimum Gasteiger partial charge on any atom is -0.497 e. The van der Waals surface area contributed by atoms with Gasteiger partial charge in [0.1, 0.15) is 17.2 Å². The molecule has 142 valence electrons. The Bertz CT molecular complexity index is 901. The maximum absolute atomic E-state index is 13.2. The maximum atomic E-state index is 13.2. The van der Waals surface area contributed by atoms with Crippen molar-refractivity contribution in [1.82, 2.24) is 0 Å². The lowest BCUT2D eigenvalue weighted by Gasteiger charge is -2.27. The highest BCUT2D eigenvalue weighted by Gasteiger charge is 2.48. The minimum absolute atomic E-state index is 0.101. The van der Waals surface area contributed by atoms with E-state index in [9.17, 15) is 18.0 Å². The van der Waals surface area contributed by atoms with E-state index in [1.54, 1.807) is 24.3 Å². The molecule has 27 heavy (non-hydrogen) atoms. The molecule has 3 rings (SSSR count). The Morgan fingerprint density at radius 2 is 1.78 bits per heavy atom. The summed E-state index contributed by atoms with van der Waals surface area (Å²) in [4.78, 5) is 11.3. The van der Waals surface area contributed by atoms with Crippen LogP contribution in [0.1, 0.15) is 5.56 Å². The largest absolute Gasteiger partial charge is 0.497 e. The van der Waals surface area contributed by atoms with Crippen LogP contribution in [0.25, 0.3) is 17.2 Å². The Morgan fingerprint density at radius 1 is 1.11 bits per heavy atom. The molecule has 5 nitrogen and oxygen atoms in total. The van der Waals surface area contributed by atoms with Gasteiger partial charge in [-0.15, -0.1) is 0 Å². The number of carboxylic acids is 1. The molecule has 0 spiro atoms. The van der Waals surface area contributed by atoms with Crippen molar-refractivity contribution >= 4 is 12.0 Å². The highest BCUT2D eigenvalue weighted by molar-refractivity contribution is 5.95. The molecule has 2 aromatic rings. The van der Waals surface area contributed by atoms with Crippen molar-refractivity contribution in [2.24, 2.45) is 0 Å². The standard InChI is InChI=1S/C19H15F3O5/c1-25-12-5-3-10(4-6-12)13-7-11-8-14(18(23)24)17(19(20,21)22)27-15(11)9-16(13)26-2/h3-9,17H,1-2H3,(H,23,24). The second kappa shape index (κ2) is 6.86. The lowest BCUT2D eigenvalue weighted by atomic mass is 9.96. The molecule has 0 saturated carbocycles. The molecule has 1 atom stereocenters. The van der Waals surface area contributed by atoms with E-state index in [0.717, 1.165) is 11.6 Å². The van der Waals surface area contributed by atoms with Gasteiger partial charge in [0.2, 0.25) is 6.10 Å². The monoisotopic (exact) mass is 380 g/mol. The van der Waals surface area contributed by atoms with Gasteiger partial charge in [0.05, 0.1) is 19.8 Å². The van der Waals surface area contributed by atoms with Crippen LogP contribution in [-0.2, 0) is 4.79 Å². The number of halogens is 3. The Balaban J connectivity index is 2.13. The van der Waals surface area contributed by atoms with Crippen LogP contribution < -0.4 is 14.2 Å². The number of benzene rings is 2. The molecular formula is C19H15F3O5. The molecule has 0 saturated heterocycles. The van der Waals surface area contributed by atoms with Gasteiger partial charge >= 0.3 is 12.1 Å². The number of aliphatic carboxylic acids is 1. The Hall–Kier alpha value is -3.16. The number of ether oxygens (including phenoxy) is 3. The third kappa shape index (κ3) is 3.55. The number of hydrogen-bond acceptors (Lipinski definition) is 4. The predicted molar refractivity (Wildman–Crippen MR) is 91.1 cm³/mol. The van der Waals surface area contributed by atoms with Gasteiger partial charge in [0, 0.05) is 17.2 Å². The van der Waals surface area contributed by atoms with Gasteiger partial charge in [-0.3, -0.25) is 0 Å². The second-order valence-corrected chi connectivity index (χ2v) is 5.76. The summed E-state index contributed by atoms with van der Waals surface area (Å²) in [5.41, 5.74) is 0.646. The van der Waals surface area contributed by atoms with Gasteiger partial charge in [-0.2, -0.15) is 13.2 Å². The number of carbonyl (C=O) groups is 1. The number of alkyl halides is 3. The smallest absolute Gasteiger partial charge is 0.430 e. The lowest BCUT2D eigenvalue weighted by Crippen LogP contribution is -2.40. The van der Waals surface area contributed by atoms with Crippen LogP contribution in [-0.4, -0.2) is 37.6 Å². The molecule has 0 aliphatic carbocycles. The van der Waals surface area contributed by atoms with Crippen molar-refractivity contribution in [3.8, 4) is 28.4 Å². The number of methoxy groups -OCH3 is 2. The molecule has 0 aromatic heterocycles. The summed E-state index contributed by atoms with van der Waals surface area (Å²) in [6, 6.07) is 9.82. The predicted octanol–water partition coefficient (Wildman–Crippen LogP) is 4.16. The molecule has 2 aromatic carbocycles. The van der Waals surface area contributed by atoms with Gasteiger partial charge < -0.3 is 19.3 Å². The van der Waals surface area contributed by atoms with Crippen LogP contribution in [0.4, 0.5) is 13.2 Å². The molecule has 1 aliphatic rings. The molecule has 1 N–H and O–H groups in total. The highest BCUT2D eigenvalue weighted by atomic mass is 19.4. The van der Waals surface area contributed by atoms with E-state index in [1.165, 1.54) is 26.4 Å². The van der Waals surface area contributed by atoms with E-state index in [0.29, 0.717) is 17.1 Å². The highest BCUT2D eigenvalue weighted by Crippen LogP contribution is 2.43. The zero-order valence-electron chi connectivity index (χ0n) is 14.3. The third-order valence-electron chi connectivity index (χ3n) is 4.12. The van der Waals surface area contributed by atoms with E-state index in [1.807, 2.05) is 0 Å². The summed E-state index contributed by atoms with van der Waals surface area (Å²) in [5.74, 6) is -0.853. The molecule has 0 bridgehead atoms. The molecule has 0 fully saturated rings. The Kier molecular flexibility index (Phi) is 4.73. The van der Waals surface area contributed by atoms with Crippen LogP contribution in [0.2, 0.25) is 0 Å². The third-order valence-corrected chi connectivity index (χ3v) is 4.12. The lowest BCUT2D eigenvalue weighted by molar-refractivity contribution is -0.187. The SMILES string of the molecule is COc1ccc(-c2cc3c(cc2OC)OC(C(F)(F)F)C(C(=O)O)=C3)cc1. The van der Waals surface area contributed by atoms with E-state index in [4.69, 9.17) is 19.3 Å². The topological polar surface area (TPSA) is 65.0 Å².